The van der Waals surface area contributed by atoms with Crippen molar-refractivity contribution in [1.82, 2.24) is 10.2 Å². The Labute approximate surface area is 208 Å². The molecule has 0 unspecified atom stereocenters. The van der Waals surface area contributed by atoms with Crippen LogP contribution in [0.15, 0.2) is 69.9 Å². The molecule has 1 saturated heterocycles. The molecule has 4 aromatic rings. The molecule has 0 spiro atoms. The number of para-hydroxylation sites is 1. The number of anilines is 2. The number of amides is 1. The maximum absolute atomic E-state index is 12.8. The Morgan fingerprint density at radius 2 is 1.78 bits per heavy atom. The molecule has 36 heavy (non-hydrogen) atoms. The molecule has 0 aliphatic carbocycles. The molecule has 3 heterocycles. The van der Waals surface area contributed by atoms with Crippen LogP contribution in [-0.2, 0) is 0 Å². The first-order valence-corrected chi connectivity index (χ1v) is 12.3. The van der Waals surface area contributed by atoms with Crippen LogP contribution in [0.3, 0.4) is 0 Å². The Morgan fingerprint density at radius 3 is 2.47 bits per heavy atom. The fourth-order valence-electron chi connectivity index (χ4n) is 4.42. The van der Waals surface area contributed by atoms with Crippen molar-refractivity contribution in [2.75, 3.05) is 29.9 Å². The summed E-state index contributed by atoms with van der Waals surface area (Å²) in [5.74, 6) is 0.839. The zero-order valence-corrected chi connectivity index (χ0v) is 20.2. The number of hydrogen-bond donors (Lipinski definition) is 1. The Morgan fingerprint density at radius 1 is 1.00 bits per heavy atom. The monoisotopic (exact) mass is 484 g/mol. The van der Waals surface area contributed by atoms with Gasteiger partial charge in [0.05, 0.1) is 12.3 Å². The van der Waals surface area contributed by atoms with Gasteiger partial charge in [-0.05, 0) is 56.2 Å². The van der Waals surface area contributed by atoms with Gasteiger partial charge in [-0.25, -0.2) is 4.79 Å². The lowest BCUT2D eigenvalue weighted by Gasteiger charge is -2.20. The van der Waals surface area contributed by atoms with Crippen molar-refractivity contribution in [3.05, 3.63) is 76.6 Å². The second kappa shape index (κ2) is 10.6. The number of carbonyl (C=O) groups excluding carboxylic acids is 1. The molecule has 1 N–H and O–H groups in total. The van der Waals surface area contributed by atoms with E-state index in [1.165, 1.54) is 31.7 Å². The molecule has 8 heteroatoms. The summed E-state index contributed by atoms with van der Waals surface area (Å²) < 4.78 is 10.9. The number of aromatic nitrogens is 2. The molecule has 0 radical (unpaired) electrons. The number of rotatable bonds is 6. The largest absolute Gasteiger partial charge is 0.490 e. The SMILES string of the molecule is CCOc1cccc2cc(C(=O)Nc3ccc(-c4ccc(N5CCCCCC5)nn4)cc3)c(=O)oc12. The van der Waals surface area contributed by atoms with Crippen molar-refractivity contribution in [3.63, 3.8) is 0 Å². The first-order chi connectivity index (χ1) is 17.6. The zero-order chi connectivity index (χ0) is 24.9. The summed E-state index contributed by atoms with van der Waals surface area (Å²) in [7, 11) is 0. The standard InChI is InChI=1S/C28H28N4O4/c1-2-35-24-9-7-8-20-18-22(28(34)36-26(20)24)27(33)29-21-12-10-19(11-13-21)23-14-15-25(31-30-23)32-16-5-3-4-6-17-32/h7-15,18H,2-6,16-17H2,1H3,(H,29,33). The lowest BCUT2D eigenvalue weighted by molar-refractivity contribution is 0.102. The van der Waals surface area contributed by atoms with E-state index in [4.69, 9.17) is 9.15 Å². The van der Waals surface area contributed by atoms with Gasteiger partial charge < -0.3 is 19.4 Å². The molecule has 184 valence electrons. The van der Waals surface area contributed by atoms with E-state index in [-0.39, 0.29) is 5.56 Å². The van der Waals surface area contributed by atoms with Gasteiger partial charge in [-0.2, -0.15) is 0 Å². The van der Waals surface area contributed by atoms with Crippen molar-refractivity contribution >= 4 is 28.4 Å². The zero-order valence-electron chi connectivity index (χ0n) is 20.2. The van der Waals surface area contributed by atoms with Crippen LogP contribution in [0.4, 0.5) is 11.5 Å². The number of hydrogen-bond acceptors (Lipinski definition) is 7. The molecule has 5 rings (SSSR count). The van der Waals surface area contributed by atoms with E-state index in [0.29, 0.717) is 29.0 Å². The van der Waals surface area contributed by atoms with Crippen LogP contribution in [0.1, 0.15) is 43.0 Å². The lowest BCUT2D eigenvalue weighted by atomic mass is 10.1. The van der Waals surface area contributed by atoms with Gasteiger partial charge in [0.2, 0.25) is 0 Å². The molecule has 0 bridgehead atoms. The minimum absolute atomic E-state index is 0.0739. The maximum atomic E-state index is 12.8. The molecule has 0 atom stereocenters. The fraction of sp³-hybridized carbons (Fsp3) is 0.286. The molecule has 1 aliphatic rings. The van der Waals surface area contributed by atoms with Crippen molar-refractivity contribution in [2.24, 2.45) is 0 Å². The van der Waals surface area contributed by atoms with Crippen molar-refractivity contribution < 1.29 is 13.9 Å². The van der Waals surface area contributed by atoms with Gasteiger partial charge in [-0.1, -0.05) is 37.1 Å². The summed E-state index contributed by atoms with van der Waals surface area (Å²) in [5, 5.41) is 12.2. The van der Waals surface area contributed by atoms with Gasteiger partial charge in [0.1, 0.15) is 5.56 Å². The highest BCUT2D eigenvalue weighted by atomic mass is 16.5. The number of ether oxygens (including phenoxy) is 1. The maximum Gasteiger partial charge on any atom is 0.349 e. The minimum atomic E-state index is -0.719. The predicted octanol–water partition coefficient (Wildman–Crippen LogP) is 5.28. The van der Waals surface area contributed by atoms with Gasteiger partial charge in [0.15, 0.2) is 17.2 Å². The minimum Gasteiger partial charge on any atom is -0.490 e. The number of nitrogens with one attached hydrogen (secondary N) is 1. The van der Waals surface area contributed by atoms with Crippen LogP contribution in [0, 0.1) is 0 Å². The third-order valence-corrected chi connectivity index (χ3v) is 6.29. The van der Waals surface area contributed by atoms with E-state index < -0.39 is 11.5 Å². The van der Waals surface area contributed by atoms with E-state index in [2.05, 4.69) is 20.4 Å². The Bertz CT molecular complexity index is 1410. The highest BCUT2D eigenvalue weighted by molar-refractivity contribution is 6.05. The summed E-state index contributed by atoms with van der Waals surface area (Å²) in [6.07, 6.45) is 4.91. The molecule has 1 amide bonds. The van der Waals surface area contributed by atoms with Crippen LogP contribution in [0.2, 0.25) is 0 Å². The predicted molar refractivity (Wildman–Crippen MR) is 140 cm³/mol. The Kier molecular flexibility index (Phi) is 6.93. The van der Waals surface area contributed by atoms with Gasteiger partial charge >= 0.3 is 5.63 Å². The molecule has 1 fully saturated rings. The molecular weight excluding hydrogens is 456 g/mol. The summed E-state index contributed by atoms with van der Waals surface area (Å²) in [6.45, 7) is 4.33. The average Bonchev–Trinajstić information content (AvgIpc) is 3.19. The van der Waals surface area contributed by atoms with Crippen LogP contribution < -0.4 is 20.6 Å². The van der Waals surface area contributed by atoms with Crippen LogP contribution >= 0.6 is 0 Å². The van der Waals surface area contributed by atoms with E-state index in [1.54, 1.807) is 30.3 Å². The molecule has 2 aromatic carbocycles. The highest BCUT2D eigenvalue weighted by Gasteiger charge is 2.16. The van der Waals surface area contributed by atoms with Gasteiger partial charge in [0, 0.05) is 29.7 Å². The highest BCUT2D eigenvalue weighted by Crippen LogP contribution is 2.26. The quantitative estimate of drug-likeness (QED) is 0.372. The molecule has 1 aliphatic heterocycles. The second-order valence-electron chi connectivity index (χ2n) is 8.76. The van der Waals surface area contributed by atoms with Crippen molar-refractivity contribution in [1.29, 1.82) is 0 Å². The van der Waals surface area contributed by atoms with Gasteiger partial charge in [-0.15, -0.1) is 10.2 Å². The summed E-state index contributed by atoms with van der Waals surface area (Å²) in [4.78, 5) is 27.6. The fourth-order valence-corrected chi connectivity index (χ4v) is 4.42. The number of fused-ring (bicyclic) bond motifs is 1. The third-order valence-electron chi connectivity index (χ3n) is 6.29. The van der Waals surface area contributed by atoms with Gasteiger partial charge in [-0.3, -0.25) is 4.79 Å². The molecular formula is C28H28N4O4. The Hall–Kier alpha value is -4.20. The normalized spacial score (nSPS) is 13.9. The summed E-state index contributed by atoms with van der Waals surface area (Å²) >= 11 is 0. The topological polar surface area (TPSA) is 97.6 Å². The Balaban J connectivity index is 1.29. The first kappa shape index (κ1) is 23.5. The third kappa shape index (κ3) is 5.07. The van der Waals surface area contributed by atoms with E-state index in [9.17, 15) is 9.59 Å². The van der Waals surface area contributed by atoms with Gasteiger partial charge in [0.25, 0.3) is 5.91 Å². The van der Waals surface area contributed by atoms with Crippen molar-refractivity contribution in [2.45, 2.75) is 32.6 Å². The van der Waals surface area contributed by atoms with Crippen molar-refractivity contribution in [3.8, 4) is 17.0 Å². The lowest BCUT2D eigenvalue weighted by Crippen LogP contribution is -2.25. The number of benzene rings is 2. The van der Waals surface area contributed by atoms with E-state index >= 15 is 0 Å². The number of nitrogens with zero attached hydrogens (tertiary/aromatic N) is 3. The van der Waals surface area contributed by atoms with Crippen LogP contribution in [0.5, 0.6) is 5.75 Å². The smallest absolute Gasteiger partial charge is 0.349 e. The second-order valence-corrected chi connectivity index (χ2v) is 8.76. The summed E-state index contributed by atoms with van der Waals surface area (Å²) in [5.41, 5.74) is 1.73. The van der Waals surface area contributed by atoms with Crippen LogP contribution in [0.25, 0.3) is 22.2 Å². The molecule has 2 aromatic heterocycles. The number of carbonyl (C=O) groups is 1. The molecule has 0 saturated carbocycles. The van der Waals surface area contributed by atoms with E-state index in [0.717, 1.165) is 30.2 Å². The summed E-state index contributed by atoms with van der Waals surface area (Å²) in [6, 6.07) is 18.1. The first-order valence-electron chi connectivity index (χ1n) is 12.3. The average molecular weight is 485 g/mol. The molecule has 8 nitrogen and oxygen atoms in total. The van der Waals surface area contributed by atoms with E-state index in [1.807, 2.05) is 31.2 Å². The van der Waals surface area contributed by atoms with Crippen LogP contribution in [-0.4, -0.2) is 35.8 Å².